The van der Waals surface area contributed by atoms with E-state index in [1.807, 2.05) is 0 Å². The normalized spacial score (nSPS) is 10.8. The van der Waals surface area contributed by atoms with Gasteiger partial charge in [0, 0.05) is 24.8 Å². The number of rotatable bonds is 4. The highest BCUT2D eigenvalue weighted by molar-refractivity contribution is 5.78. The molecule has 0 atom stereocenters. The molecule has 2 rings (SSSR count). The third kappa shape index (κ3) is 2.38. The van der Waals surface area contributed by atoms with E-state index in [9.17, 15) is 0 Å². The van der Waals surface area contributed by atoms with Crippen molar-refractivity contribution in [2.24, 2.45) is 0 Å². The van der Waals surface area contributed by atoms with Gasteiger partial charge < -0.3 is 10.5 Å². The molecule has 0 aliphatic rings. The Hall–Kier alpha value is -1.81. The summed E-state index contributed by atoms with van der Waals surface area (Å²) in [7, 11) is 1.69. The quantitative estimate of drug-likeness (QED) is 0.869. The largest absolute Gasteiger partial charge is 0.384 e. The minimum absolute atomic E-state index is 0.549. The molecule has 0 amide bonds. The van der Waals surface area contributed by atoms with Gasteiger partial charge in [-0.1, -0.05) is 23.8 Å². The Balaban J connectivity index is 2.45. The number of ether oxygens (including phenoxy) is 1. The number of nitrogens with one attached hydrogen (secondary N) is 1. The Morgan fingerprint density at radius 2 is 2.11 bits per heavy atom. The molecule has 96 valence electrons. The van der Waals surface area contributed by atoms with Crippen molar-refractivity contribution < 1.29 is 4.74 Å². The summed E-state index contributed by atoms with van der Waals surface area (Å²) < 4.78 is 5.11. The van der Waals surface area contributed by atoms with Gasteiger partial charge in [0.25, 0.3) is 0 Å². The number of H-pyrrole nitrogens is 1. The zero-order valence-corrected chi connectivity index (χ0v) is 11.1. The Bertz CT molecular complexity index is 546. The topological polar surface area (TPSA) is 63.9 Å². The van der Waals surface area contributed by atoms with Gasteiger partial charge in [0.15, 0.2) is 5.82 Å². The van der Waals surface area contributed by atoms with Crippen LogP contribution in [0.25, 0.3) is 11.1 Å². The fraction of sp³-hybridized carbons (Fsp3) is 0.357. The van der Waals surface area contributed by atoms with Crippen LogP contribution in [0.1, 0.15) is 16.8 Å². The van der Waals surface area contributed by atoms with Crippen molar-refractivity contribution in [1.29, 1.82) is 0 Å². The van der Waals surface area contributed by atoms with Gasteiger partial charge in [0.05, 0.1) is 6.61 Å². The van der Waals surface area contributed by atoms with Crippen molar-refractivity contribution in [2.75, 3.05) is 19.5 Å². The van der Waals surface area contributed by atoms with Gasteiger partial charge in [-0.15, -0.1) is 0 Å². The number of nitrogen functional groups attached to an aromatic ring is 1. The van der Waals surface area contributed by atoms with Crippen LogP contribution in [0.2, 0.25) is 0 Å². The van der Waals surface area contributed by atoms with Crippen LogP contribution in [-0.2, 0) is 11.2 Å². The van der Waals surface area contributed by atoms with Gasteiger partial charge in [-0.3, -0.25) is 5.10 Å². The smallest absolute Gasteiger partial charge is 0.153 e. The predicted molar refractivity (Wildman–Crippen MR) is 73.5 cm³/mol. The van der Waals surface area contributed by atoms with Crippen LogP contribution < -0.4 is 5.73 Å². The third-order valence-electron chi connectivity index (χ3n) is 3.08. The van der Waals surface area contributed by atoms with E-state index in [0.29, 0.717) is 12.4 Å². The summed E-state index contributed by atoms with van der Waals surface area (Å²) in [4.78, 5) is 0. The molecule has 1 heterocycles. The van der Waals surface area contributed by atoms with E-state index in [0.717, 1.165) is 23.2 Å². The standard InChI is InChI=1S/C14H19N3O/c1-9-4-5-11(10(2)8-9)13-12(6-7-18-3)16-17-14(13)15/h4-5,8H,6-7H2,1-3H3,(H3,15,16,17). The van der Waals surface area contributed by atoms with Crippen molar-refractivity contribution in [1.82, 2.24) is 10.2 Å². The number of aromatic nitrogens is 2. The molecular weight excluding hydrogens is 226 g/mol. The van der Waals surface area contributed by atoms with E-state index >= 15 is 0 Å². The van der Waals surface area contributed by atoms with E-state index in [4.69, 9.17) is 10.5 Å². The number of hydrogen-bond acceptors (Lipinski definition) is 3. The highest BCUT2D eigenvalue weighted by Gasteiger charge is 2.14. The van der Waals surface area contributed by atoms with Crippen LogP contribution in [0.3, 0.4) is 0 Å². The Morgan fingerprint density at radius 1 is 1.33 bits per heavy atom. The van der Waals surface area contributed by atoms with Gasteiger partial charge in [-0.05, 0) is 25.0 Å². The first-order chi connectivity index (χ1) is 8.63. The van der Waals surface area contributed by atoms with Crippen LogP contribution in [0.15, 0.2) is 18.2 Å². The maximum Gasteiger partial charge on any atom is 0.153 e. The summed E-state index contributed by atoms with van der Waals surface area (Å²) in [6, 6.07) is 6.35. The second-order valence-electron chi connectivity index (χ2n) is 4.52. The van der Waals surface area contributed by atoms with Gasteiger partial charge in [0.2, 0.25) is 0 Å². The molecule has 0 fully saturated rings. The number of aryl methyl sites for hydroxylation is 2. The monoisotopic (exact) mass is 245 g/mol. The van der Waals surface area contributed by atoms with Crippen LogP contribution >= 0.6 is 0 Å². The van der Waals surface area contributed by atoms with Crippen molar-refractivity contribution in [3.05, 3.63) is 35.0 Å². The molecule has 0 saturated heterocycles. The lowest BCUT2D eigenvalue weighted by Gasteiger charge is -2.08. The maximum atomic E-state index is 5.97. The number of anilines is 1. The molecule has 4 nitrogen and oxygen atoms in total. The fourth-order valence-corrected chi connectivity index (χ4v) is 2.17. The van der Waals surface area contributed by atoms with Gasteiger partial charge in [-0.2, -0.15) is 5.10 Å². The number of benzene rings is 1. The zero-order chi connectivity index (χ0) is 13.1. The minimum Gasteiger partial charge on any atom is -0.384 e. The summed E-state index contributed by atoms with van der Waals surface area (Å²) in [6.45, 7) is 4.83. The number of methoxy groups -OCH3 is 1. The summed E-state index contributed by atoms with van der Waals surface area (Å²) in [6.07, 6.45) is 0.781. The van der Waals surface area contributed by atoms with E-state index in [-0.39, 0.29) is 0 Å². The second-order valence-corrected chi connectivity index (χ2v) is 4.52. The molecule has 4 heteroatoms. The molecule has 3 N–H and O–H groups in total. The second kappa shape index (κ2) is 5.23. The van der Waals surface area contributed by atoms with Crippen LogP contribution in [0.4, 0.5) is 5.82 Å². The molecule has 0 saturated carbocycles. The molecule has 1 aromatic heterocycles. The lowest BCUT2D eigenvalue weighted by atomic mass is 9.97. The van der Waals surface area contributed by atoms with E-state index in [2.05, 4.69) is 42.2 Å². The van der Waals surface area contributed by atoms with Crippen LogP contribution in [0.5, 0.6) is 0 Å². The maximum absolute atomic E-state index is 5.97. The van der Waals surface area contributed by atoms with Crippen LogP contribution in [-0.4, -0.2) is 23.9 Å². The van der Waals surface area contributed by atoms with Gasteiger partial charge in [0.1, 0.15) is 0 Å². The van der Waals surface area contributed by atoms with E-state index in [1.54, 1.807) is 7.11 Å². The number of aromatic amines is 1. The molecule has 1 aromatic carbocycles. The summed E-state index contributed by atoms with van der Waals surface area (Å²) in [5.74, 6) is 0.549. The lowest BCUT2D eigenvalue weighted by molar-refractivity contribution is 0.201. The summed E-state index contributed by atoms with van der Waals surface area (Å²) in [5, 5.41) is 7.10. The van der Waals surface area contributed by atoms with Crippen molar-refractivity contribution in [2.45, 2.75) is 20.3 Å². The number of nitrogens with two attached hydrogens (primary N) is 1. The van der Waals surface area contributed by atoms with Gasteiger partial charge >= 0.3 is 0 Å². The van der Waals surface area contributed by atoms with E-state index < -0.39 is 0 Å². The van der Waals surface area contributed by atoms with Crippen molar-refractivity contribution in [3.63, 3.8) is 0 Å². The van der Waals surface area contributed by atoms with E-state index in [1.165, 1.54) is 11.1 Å². The molecule has 0 aliphatic heterocycles. The average molecular weight is 245 g/mol. The first-order valence-corrected chi connectivity index (χ1v) is 6.02. The molecule has 0 spiro atoms. The molecular formula is C14H19N3O. The molecule has 0 radical (unpaired) electrons. The highest BCUT2D eigenvalue weighted by atomic mass is 16.5. The molecule has 18 heavy (non-hydrogen) atoms. The molecule has 0 unspecified atom stereocenters. The summed E-state index contributed by atoms with van der Waals surface area (Å²) >= 11 is 0. The average Bonchev–Trinajstić information content (AvgIpc) is 2.68. The number of nitrogens with zero attached hydrogens (tertiary/aromatic N) is 1. The summed E-state index contributed by atoms with van der Waals surface area (Å²) in [5.41, 5.74) is 11.6. The molecule has 0 bridgehead atoms. The van der Waals surface area contributed by atoms with Crippen molar-refractivity contribution >= 4 is 5.82 Å². The lowest BCUT2D eigenvalue weighted by Crippen LogP contribution is -1.98. The zero-order valence-electron chi connectivity index (χ0n) is 11.1. The SMILES string of the molecule is COCCc1[nH]nc(N)c1-c1ccc(C)cc1C. The third-order valence-corrected chi connectivity index (χ3v) is 3.08. The Labute approximate surface area is 107 Å². The molecule has 0 aliphatic carbocycles. The van der Waals surface area contributed by atoms with Gasteiger partial charge in [-0.25, -0.2) is 0 Å². The van der Waals surface area contributed by atoms with Crippen LogP contribution in [0, 0.1) is 13.8 Å². The fourth-order valence-electron chi connectivity index (χ4n) is 2.17. The molecule has 2 aromatic rings. The first-order valence-electron chi connectivity index (χ1n) is 6.02. The Morgan fingerprint density at radius 3 is 2.78 bits per heavy atom. The highest BCUT2D eigenvalue weighted by Crippen LogP contribution is 2.31. The minimum atomic E-state index is 0.549. The Kier molecular flexibility index (Phi) is 3.67. The first kappa shape index (κ1) is 12.6. The van der Waals surface area contributed by atoms with Crippen molar-refractivity contribution in [3.8, 4) is 11.1 Å². The number of hydrogen-bond donors (Lipinski definition) is 2. The predicted octanol–water partition coefficient (Wildman–Crippen LogP) is 2.46.